The normalized spacial score (nSPS) is 12.5. The van der Waals surface area contributed by atoms with Crippen LogP contribution in [0.2, 0.25) is 0 Å². The molecule has 136 valence electrons. The molecular formula is C17H30N4O3. The Morgan fingerprint density at radius 1 is 1.21 bits per heavy atom. The van der Waals surface area contributed by atoms with Gasteiger partial charge in [0.15, 0.2) is 5.82 Å². The highest BCUT2D eigenvalue weighted by Gasteiger charge is 2.26. The molecule has 0 bridgehead atoms. The quantitative estimate of drug-likeness (QED) is 0.745. The molecule has 0 aliphatic heterocycles. The van der Waals surface area contributed by atoms with Crippen molar-refractivity contribution in [3.05, 3.63) is 11.7 Å². The highest BCUT2D eigenvalue weighted by Crippen LogP contribution is 2.11. The van der Waals surface area contributed by atoms with Crippen molar-refractivity contribution < 1.29 is 14.1 Å². The minimum absolute atomic E-state index is 0.114. The standard InChI is InChI=1S/C17H30N4O3/c1-7-21(10-15-19-16(24-20-15)9-12(4)5)17(23)14(8-11(2)3)18-13(6)22/h11-12,14H,7-10H2,1-6H3,(H,18,22)/t14-/m0/s1. The van der Waals surface area contributed by atoms with Gasteiger partial charge in [0, 0.05) is 19.9 Å². The van der Waals surface area contributed by atoms with E-state index < -0.39 is 6.04 Å². The third-order valence-corrected chi connectivity index (χ3v) is 3.50. The third kappa shape index (κ3) is 6.68. The zero-order valence-corrected chi connectivity index (χ0v) is 15.6. The van der Waals surface area contributed by atoms with Gasteiger partial charge in [-0.25, -0.2) is 0 Å². The summed E-state index contributed by atoms with van der Waals surface area (Å²) in [6.45, 7) is 12.3. The van der Waals surface area contributed by atoms with Crippen molar-refractivity contribution in [1.29, 1.82) is 0 Å². The molecule has 7 nitrogen and oxygen atoms in total. The number of hydrogen-bond donors (Lipinski definition) is 1. The Morgan fingerprint density at radius 2 is 1.88 bits per heavy atom. The molecule has 0 radical (unpaired) electrons. The van der Waals surface area contributed by atoms with Gasteiger partial charge >= 0.3 is 0 Å². The number of nitrogens with one attached hydrogen (secondary N) is 1. The van der Waals surface area contributed by atoms with E-state index in [4.69, 9.17) is 4.52 Å². The number of nitrogens with zero attached hydrogens (tertiary/aromatic N) is 3. The Kier molecular flexibility index (Phi) is 7.88. The summed E-state index contributed by atoms with van der Waals surface area (Å²) in [6, 6.07) is -0.524. The summed E-state index contributed by atoms with van der Waals surface area (Å²) in [5.41, 5.74) is 0. The second-order valence-corrected chi connectivity index (χ2v) is 6.94. The van der Waals surface area contributed by atoms with Gasteiger partial charge in [-0.2, -0.15) is 4.98 Å². The first kappa shape index (κ1) is 20.1. The van der Waals surface area contributed by atoms with E-state index in [1.54, 1.807) is 4.90 Å². The van der Waals surface area contributed by atoms with E-state index in [-0.39, 0.29) is 18.4 Å². The summed E-state index contributed by atoms with van der Waals surface area (Å²) in [4.78, 5) is 30.1. The van der Waals surface area contributed by atoms with Crippen LogP contribution in [0.4, 0.5) is 0 Å². The number of aromatic nitrogens is 2. The Balaban J connectivity index is 2.79. The van der Waals surface area contributed by atoms with Crippen LogP contribution in [-0.2, 0) is 22.6 Å². The molecule has 7 heteroatoms. The molecule has 2 amide bonds. The molecule has 0 unspecified atom stereocenters. The fourth-order valence-electron chi connectivity index (χ4n) is 2.46. The van der Waals surface area contributed by atoms with Crippen LogP contribution >= 0.6 is 0 Å². The highest BCUT2D eigenvalue weighted by molar-refractivity contribution is 5.86. The van der Waals surface area contributed by atoms with Gasteiger partial charge in [-0.05, 0) is 25.2 Å². The van der Waals surface area contributed by atoms with Crippen molar-refractivity contribution in [1.82, 2.24) is 20.4 Å². The van der Waals surface area contributed by atoms with Crippen molar-refractivity contribution in [2.45, 2.75) is 67.0 Å². The predicted molar refractivity (Wildman–Crippen MR) is 91.0 cm³/mol. The lowest BCUT2D eigenvalue weighted by Gasteiger charge is -2.26. The van der Waals surface area contributed by atoms with Crippen molar-refractivity contribution in [2.24, 2.45) is 11.8 Å². The number of carbonyl (C=O) groups is 2. The van der Waals surface area contributed by atoms with Gasteiger partial charge in [-0.1, -0.05) is 32.9 Å². The highest BCUT2D eigenvalue weighted by atomic mass is 16.5. The van der Waals surface area contributed by atoms with Crippen LogP contribution in [0.15, 0.2) is 4.52 Å². The van der Waals surface area contributed by atoms with Gasteiger partial charge in [-0.15, -0.1) is 0 Å². The number of amides is 2. The molecule has 1 heterocycles. The SMILES string of the molecule is CCN(Cc1noc(CC(C)C)n1)C(=O)[C@H](CC(C)C)NC(C)=O. The van der Waals surface area contributed by atoms with Crippen molar-refractivity contribution in [3.8, 4) is 0 Å². The van der Waals surface area contributed by atoms with Crippen LogP contribution in [0.5, 0.6) is 0 Å². The lowest BCUT2D eigenvalue weighted by atomic mass is 10.0. The maximum absolute atomic E-state index is 12.8. The van der Waals surface area contributed by atoms with Crippen LogP contribution in [0, 0.1) is 11.8 Å². The first-order valence-electron chi connectivity index (χ1n) is 8.60. The third-order valence-electron chi connectivity index (χ3n) is 3.50. The van der Waals surface area contributed by atoms with Gasteiger partial charge in [0.25, 0.3) is 0 Å². The molecule has 1 aromatic rings. The van der Waals surface area contributed by atoms with Crippen molar-refractivity contribution in [2.75, 3.05) is 6.54 Å². The minimum Gasteiger partial charge on any atom is -0.345 e. The van der Waals surface area contributed by atoms with E-state index in [2.05, 4.69) is 29.3 Å². The molecule has 1 N–H and O–H groups in total. The minimum atomic E-state index is -0.524. The first-order chi connectivity index (χ1) is 11.2. The Hall–Kier alpha value is -1.92. The fraction of sp³-hybridized carbons (Fsp3) is 0.765. The summed E-state index contributed by atoms with van der Waals surface area (Å²) < 4.78 is 5.22. The number of likely N-dealkylation sites (N-methyl/N-ethyl adjacent to an activating group) is 1. The molecule has 0 fully saturated rings. The maximum atomic E-state index is 12.8. The van der Waals surface area contributed by atoms with Gasteiger partial charge in [0.2, 0.25) is 17.7 Å². The summed E-state index contributed by atoms with van der Waals surface area (Å²) in [5, 5.41) is 6.70. The molecule has 24 heavy (non-hydrogen) atoms. The number of rotatable bonds is 9. The molecule has 1 atom stereocenters. The molecular weight excluding hydrogens is 308 g/mol. The lowest BCUT2D eigenvalue weighted by Crippen LogP contribution is -2.48. The molecule has 0 aliphatic carbocycles. The molecule has 0 aliphatic rings. The van der Waals surface area contributed by atoms with Crippen molar-refractivity contribution in [3.63, 3.8) is 0 Å². The maximum Gasteiger partial charge on any atom is 0.245 e. The molecule has 0 spiro atoms. The Morgan fingerprint density at radius 3 is 2.38 bits per heavy atom. The summed E-state index contributed by atoms with van der Waals surface area (Å²) in [5.74, 6) is 1.49. The second-order valence-electron chi connectivity index (χ2n) is 6.94. The zero-order chi connectivity index (χ0) is 18.3. The van der Waals surface area contributed by atoms with Gasteiger partial charge < -0.3 is 14.7 Å². The topological polar surface area (TPSA) is 88.3 Å². The van der Waals surface area contributed by atoms with Gasteiger partial charge in [0.1, 0.15) is 6.04 Å². The largest absolute Gasteiger partial charge is 0.345 e. The monoisotopic (exact) mass is 338 g/mol. The average molecular weight is 338 g/mol. The first-order valence-corrected chi connectivity index (χ1v) is 8.60. The van der Waals surface area contributed by atoms with Gasteiger partial charge in [0.05, 0.1) is 6.54 Å². The summed E-state index contributed by atoms with van der Waals surface area (Å²) in [6.07, 6.45) is 1.31. The van der Waals surface area contributed by atoms with E-state index >= 15 is 0 Å². The van der Waals surface area contributed by atoms with E-state index in [0.717, 1.165) is 6.42 Å². The van der Waals surface area contributed by atoms with Crippen LogP contribution < -0.4 is 5.32 Å². The summed E-state index contributed by atoms with van der Waals surface area (Å²) >= 11 is 0. The van der Waals surface area contributed by atoms with Crippen LogP contribution in [0.1, 0.15) is 59.7 Å². The van der Waals surface area contributed by atoms with E-state index in [1.807, 2.05) is 20.8 Å². The predicted octanol–water partition coefficient (Wildman–Crippen LogP) is 2.17. The smallest absolute Gasteiger partial charge is 0.245 e. The summed E-state index contributed by atoms with van der Waals surface area (Å²) in [7, 11) is 0. The van der Waals surface area contributed by atoms with E-state index in [9.17, 15) is 9.59 Å². The number of carbonyl (C=O) groups excluding carboxylic acids is 2. The van der Waals surface area contributed by atoms with Crippen LogP contribution in [0.25, 0.3) is 0 Å². The average Bonchev–Trinajstić information content (AvgIpc) is 2.88. The van der Waals surface area contributed by atoms with Crippen LogP contribution in [0.3, 0.4) is 0 Å². The second kappa shape index (κ2) is 9.39. The number of hydrogen-bond acceptors (Lipinski definition) is 5. The van der Waals surface area contributed by atoms with Gasteiger partial charge in [-0.3, -0.25) is 9.59 Å². The molecule has 0 aromatic carbocycles. The Bertz CT molecular complexity index is 540. The lowest BCUT2D eigenvalue weighted by molar-refractivity contribution is -0.137. The Labute approximate surface area is 144 Å². The molecule has 1 aromatic heterocycles. The molecule has 0 saturated heterocycles. The van der Waals surface area contributed by atoms with Crippen molar-refractivity contribution >= 4 is 11.8 Å². The fourth-order valence-corrected chi connectivity index (χ4v) is 2.46. The van der Waals surface area contributed by atoms with Crippen LogP contribution in [-0.4, -0.2) is 39.4 Å². The zero-order valence-electron chi connectivity index (χ0n) is 15.6. The van der Waals surface area contributed by atoms with E-state index in [1.165, 1.54) is 6.92 Å². The molecule has 1 rings (SSSR count). The van der Waals surface area contributed by atoms with E-state index in [0.29, 0.717) is 36.5 Å². The molecule has 0 saturated carbocycles.